The second-order valence-electron chi connectivity index (χ2n) is 11.4. The van der Waals surface area contributed by atoms with Crippen LogP contribution in [0, 0.1) is 6.92 Å². The first-order chi connectivity index (χ1) is 20.9. The van der Waals surface area contributed by atoms with E-state index in [1.165, 1.54) is 72.8 Å². The van der Waals surface area contributed by atoms with E-state index in [-0.39, 0.29) is 0 Å². The fourth-order valence-corrected chi connectivity index (χ4v) is 6.27. The van der Waals surface area contributed by atoms with E-state index in [9.17, 15) is 5.53 Å². The Hall–Kier alpha value is -2.07. The first kappa shape index (κ1) is 37.1. The van der Waals surface area contributed by atoms with Crippen molar-refractivity contribution in [2.24, 2.45) is 0 Å². The number of benzene rings is 2. The van der Waals surface area contributed by atoms with Gasteiger partial charge >= 0.3 is 76.7 Å². The molecule has 0 atom stereocenters. The van der Waals surface area contributed by atoms with Crippen LogP contribution in [0.2, 0.25) is 0 Å². The molecule has 0 radical (unpaired) electrons. The van der Waals surface area contributed by atoms with E-state index >= 15 is 0 Å². The van der Waals surface area contributed by atoms with Crippen LogP contribution in [0.3, 0.4) is 0 Å². The van der Waals surface area contributed by atoms with Gasteiger partial charge in [-0.15, -0.1) is 0 Å². The fraction of sp³-hybridized carbons (Fsp3) is 0.579. The second kappa shape index (κ2) is 21.6. The van der Waals surface area contributed by atoms with Gasteiger partial charge in [0, 0.05) is 22.8 Å². The zero-order valence-electron chi connectivity index (χ0n) is 28.4. The summed E-state index contributed by atoms with van der Waals surface area (Å²) in [7, 11) is 0. The topological polar surface area (TPSA) is 31.8 Å². The molecule has 0 bridgehead atoms. The molecule has 0 spiro atoms. The minimum atomic E-state index is 0.881. The molecule has 2 aromatic carbocycles. The Balaban J connectivity index is 0.000000499. The Kier molecular flexibility index (Phi) is 18.7. The number of hydrogen-bond acceptors (Lipinski definition) is 2. The van der Waals surface area contributed by atoms with Crippen LogP contribution in [0.4, 0.5) is 0 Å². The number of aryl methyl sites for hydroxylation is 2. The minimum absolute atomic E-state index is 0.881. The first-order valence-electron chi connectivity index (χ1n) is 17.1. The third-order valence-corrected chi connectivity index (χ3v) is 9.75. The molecule has 0 unspecified atom stereocenters. The summed E-state index contributed by atoms with van der Waals surface area (Å²) in [5.41, 5.74) is 19.0. The van der Waals surface area contributed by atoms with Crippen molar-refractivity contribution in [2.45, 2.75) is 119 Å². The van der Waals surface area contributed by atoms with Crippen molar-refractivity contribution in [3.63, 3.8) is 0 Å². The van der Waals surface area contributed by atoms with Crippen LogP contribution in [0.15, 0.2) is 60.2 Å². The third kappa shape index (κ3) is 12.8. The van der Waals surface area contributed by atoms with Gasteiger partial charge in [0.25, 0.3) is 0 Å². The summed E-state index contributed by atoms with van der Waals surface area (Å²) in [5.74, 6) is 0. The van der Waals surface area contributed by atoms with Crippen molar-refractivity contribution >= 4 is 11.4 Å². The zero-order chi connectivity index (χ0) is 31.5. The molecule has 0 aromatic heterocycles. The van der Waals surface area contributed by atoms with Gasteiger partial charge < -0.3 is 5.53 Å². The summed E-state index contributed by atoms with van der Waals surface area (Å²) in [6, 6.07) is 17.3. The van der Waals surface area contributed by atoms with Crippen molar-refractivity contribution in [3.8, 4) is 0 Å². The zero-order valence-corrected chi connectivity index (χ0v) is 29.4. The predicted molar refractivity (Wildman–Crippen MR) is 183 cm³/mol. The Morgan fingerprint density at radius 2 is 1.21 bits per heavy atom. The molecule has 0 aliphatic carbocycles. The van der Waals surface area contributed by atoms with Crippen molar-refractivity contribution in [3.05, 3.63) is 88.0 Å². The van der Waals surface area contributed by atoms with Crippen LogP contribution in [0.5, 0.6) is 0 Å². The Bertz CT molecular complexity index is 1120. The van der Waals surface area contributed by atoms with Crippen LogP contribution < -0.4 is 0 Å². The number of unbranched alkanes of at least 4 members (excludes halogenated alkanes) is 7. The molecule has 0 saturated carbocycles. The molecule has 1 aliphatic heterocycles. The molecular formula is C38H60N4Ni. The van der Waals surface area contributed by atoms with Gasteiger partial charge in [-0.1, -0.05) is 88.6 Å². The summed E-state index contributed by atoms with van der Waals surface area (Å²) in [5, 5.41) is 0. The van der Waals surface area contributed by atoms with Crippen molar-refractivity contribution in [1.29, 1.82) is 0 Å². The van der Waals surface area contributed by atoms with Crippen molar-refractivity contribution in [2.75, 3.05) is 26.2 Å². The molecule has 4 nitrogen and oxygen atoms in total. The van der Waals surface area contributed by atoms with Crippen LogP contribution in [0.1, 0.15) is 128 Å². The van der Waals surface area contributed by atoms with Gasteiger partial charge in [-0.25, -0.2) is 4.70 Å². The van der Waals surface area contributed by atoms with E-state index in [1.54, 1.807) is 14.9 Å². The summed E-state index contributed by atoms with van der Waals surface area (Å²) in [6.45, 7) is 19.9. The molecule has 0 fully saturated rings. The van der Waals surface area contributed by atoms with Crippen LogP contribution in [0.25, 0.3) is 16.9 Å². The first-order valence-corrected chi connectivity index (χ1v) is 18.0. The van der Waals surface area contributed by atoms with Gasteiger partial charge in [0.1, 0.15) is 0 Å². The van der Waals surface area contributed by atoms with Crippen LogP contribution >= 0.6 is 0 Å². The van der Waals surface area contributed by atoms with E-state index in [0.717, 1.165) is 68.0 Å². The normalized spacial score (nSPS) is 13.2. The van der Waals surface area contributed by atoms with Gasteiger partial charge in [0.2, 0.25) is 11.4 Å². The van der Waals surface area contributed by atoms with Gasteiger partial charge in [0.15, 0.2) is 0 Å². The molecule has 2 aromatic rings. The molecule has 242 valence electrons. The van der Waals surface area contributed by atoms with E-state index in [4.69, 9.17) is 0 Å². The summed E-state index contributed by atoms with van der Waals surface area (Å²) >= 11 is 1.67. The molecule has 3 rings (SSSR count). The number of rotatable bonds is 19. The third-order valence-electron chi connectivity index (χ3n) is 7.94. The number of nitrogens with zero attached hydrogens (tertiary/aromatic N) is 4. The number of hydrogen-bond donors (Lipinski definition) is 0. The summed E-state index contributed by atoms with van der Waals surface area (Å²) < 4.78 is 6.17. The molecular weight excluding hydrogens is 571 g/mol. The predicted octanol–water partition coefficient (Wildman–Crippen LogP) is 10.9. The standard InChI is InChI=1S/C30H40N2.2C4H10N.Ni/c1-4-6-8-9-10-12-15-25-18-20-26(21-19-25)30-28(16-11-7-5-2)23-29(32(30)31)27-17-13-14-24(3)22-27;2*1-3-5-4-2;/h13-14,17-23H,4-12,15-16H2,1-3H3;2*3-4H2,1-2H3;/q;2*-1;+2. The van der Waals surface area contributed by atoms with E-state index in [1.807, 2.05) is 0 Å². The maximum absolute atomic E-state index is 11.2. The molecule has 0 amide bonds. The Labute approximate surface area is 271 Å². The van der Waals surface area contributed by atoms with Crippen molar-refractivity contribution < 1.29 is 19.6 Å². The van der Waals surface area contributed by atoms with Crippen molar-refractivity contribution in [1.82, 2.24) is 7.96 Å². The molecule has 1 aliphatic rings. The quantitative estimate of drug-likeness (QED) is 0.0878. The van der Waals surface area contributed by atoms with E-state index in [2.05, 4.69) is 111 Å². The van der Waals surface area contributed by atoms with E-state index in [0.29, 0.717) is 0 Å². The van der Waals surface area contributed by atoms with Crippen LogP contribution in [-0.4, -0.2) is 38.8 Å². The molecule has 5 heteroatoms. The number of allylic oxidation sites excluding steroid dienone is 2. The summed E-state index contributed by atoms with van der Waals surface area (Å²) in [4.78, 5) is 0. The molecule has 1 heterocycles. The average Bonchev–Trinajstić information content (AvgIpc) is 3.36. The van der Waals surface area contributed by atoms with Gasteiger partial charge in [-0.2, -0.15) is 0 Å². The second-order valence-corrected chi connectivity index (χ2v) is 12.9. The Morgan fingerprint density at radius 3 is 1.79 bits per heavy atom. The van der Waals surface area contributed by atoms with Gasteiger partial charge in [0.05, 0.1) is 0 Å². The molecule has 43 heavy (non-hydrogen) atoms. The molecule has 0 saturated heterocycles. The summed E-state index contributed by atoms with van der Waals surface area (Å²) in [6.07, 6.45) is 15.9. The maximum atomic E-state index is 11.2. The van der Waals surface area contributed by atoms with Gasteiger partial charge in [-0.05, 0) is 62.4 Å². The molecule has 0 N–H and O–H groups in total. The average molecular weight is 632 g/mol. The van der Waals surface area contributed by atoms with E-state index < -0.39 is 0 Å². The van der Waals surface area contributed by atoms with Crippen LogP contribution in [-0.2, 0) is 21.3 Å². The SMILES string of the molecule is CCCCCCCCc1ccc(C2=C(CCCCC)C=C(c3cccc(C)c3)[N+]2=[N-])cc1.CC[N](CC)[Ni][N](CC)CC. The Morgan fingerprint density at radius 1 is 0.651 bits per heavy atom. The van der Waals surface area contributed by atoms with Gasteiger partial charge in [-0.3, -0.25) is 0 Å². The fourth-order valence-electron chi connectivity index (χ4n) is 5.32. The monoisotopic (exact) mass is 630 g/mol.